The Hall–Kier alpha value is -2.85. The maximum absolute atomic E-state index is 14.7. The van der Waals surface area contributed by atoms with Gasteiger partial charge in [-0.1, -0.05) is 29.8 Å². The lowest BCUT2D eigenvalue weighted by Crippen LogP contribution is -2.40. The van der Waals surface area contributed by atoms with Gasteiger partial charge in [-0.05, 0) is 73.9 Å². The maximum Gasteiger partial charge on any atom is 0.306 e. The van der Waals surface area contributed by atoms with Crippen molar-refractivity contribution in [2.24, 2.45) is 17.8 Å². The number of hydrogen-bond acceptors (Lipinski definition) is 7. The number of carbonyl (C=O) groups excluding carboxylic acids is 1. The van der Waals surface area contributed by atoms with Crippen LogP contribution in [0.1, 0.15) is 61.5 Å². The molecule has 4 fully saturated rings. The molecule has 1 N–H and O–H groups in total. The summed E-state index contributed by atoms with van der Waals surface area (Å²) >= 11 is 6.54. The van der Waals surface area contributed by atoms with E-state index in [1.54, 1.807) is 14.2 Å². The number of methoxy groups -OCH3 is 3. The Morgan fingerprint density at radius 1 is 0.872 bits per heavy atom. The van der Waals surface area contributed by atoms with Crippen LogP contribution in [0.15, 0.2) is 42.5 Å². The van der Waals surface area contributed by atoms with E-state index >= 15 is 0 Å². The van der Waals surface area contributed by atoms with Crippen LogP contribution < -0.4 is 9.64 Å². The van der Waals surface area contributed by atoms with Gasteiger partial charge in [-0.15, -0.1) is 0 Å². The lowest BCUT2D eigenvalue weighted by Gasteiger charge is -2.35. The molecule has 9 nitrogen and oxygen atoms in total. The zero-order chi connectivity index (χ0) is 33.1. The first-order valence-corrected chi connectivity index (χ1v) is 17.6. The van der Waals surface area contributed by atoms with Gasteiger partial charge in [-0.2, -0.15) is 0 Å². The predicted octanol–water partition coefficient (Wildman–Crippen LogP) is 5.51. The van der Waals surface area contributed by atoms with E-state index in [1.807, 2.05) is 31.4 Å². The van der Waals surface area contributed by atoms with Gasteiger partial charge in [0.2, 0.25) is 5.91 Å². The van der Waals surface area contributed by atoms with Gasteiger partial charge in [0.25, 0.3) is 0 Å². The fraction of sp³-hybridized carbons (Fsp3) is 0.622. The summed E-state index contributed by atoms with van der Waals surface area (Å²) in [5.41, 5.74) is 3.40. The van der Waals surface area contributed by atoms with Crippen LogP contribution in [-0.2, 0) is 19.1 Å². The second-order valence-electron chi connectivity index (χ2n) is 14.0. The molecule has 2 aromatic carbocycles. The highest BCUT2D eigenvalue weighted by molar-refractivity contribution is 6.30. The van der Waals surface area contributed by atoms with Gasteiger partial charge in [-0.25, -0.2) is 0 Å². The number of halogens is 1. The van der Waals surface area contributed by atoms with Crippen LogP contribution in [0.2, 0.25) is 5.02 Å². The molecule has 256 valence electrons. The molecule has 0 bridgehead atoms. The fourth-order valence-electron chi connectivity index (χ4n) is 8.71. The summed E-state index contributed by atoms with van der Waals surface area (Å²) < 4.78 is 16.8. The highest BCUT2D eigenvalue weighted by Crippen LogP contribution is 2.43. The monoisotopic (exact) mass is 667 g/mol. The molecule has 4 aliphatic rings. The third kappa shape index (κ3) is 7.43. The van der Waals surface area contributed by atoms with E-state index in [0.717, 1.165) is 55.8 Å². The van der Waals surface area contributed by atoms with Crippen LogP contribution >= 0.6 is 11.6 Å². The van der Waals surface area contributed by atoms with E-state index in [2.05, 4.69) is 32.9 Å². The Morgan fingerprint density at radius 2 is 1.60 bits per heavy atom. The number of carboxylic acid groups (broad SMARTS) is 1. The smallest absolute Gasteiger partial charge is 0.306 e. The Morgan fingerprint density at radius 3 is 2.23 bits per heavy atom. The molecule has 2 aromatic rings. The number of aliphatic carboxylic acids is 1. The number of anilines is 1. The first-order chi connectivity index (χ1) is 22.8. The molecule has 1 saturated carbocycles. The molecule has 6 rings (SSSR count). The summed E-state index contributed by atoms with van der Waals surface area (Å²) in [6, 6.07) is 14.8. The zero-order valence-electron chi connectivity index (χ0n) is 28.0. The van der Waals surface area contributed by atoms with E-state index in [0.29, 0.717) is 62.8 Å². The van der Waals surface area contributed by atoms with Gasteiger partial charge in [-0.3, -0.25) is 14.5 Å². The molecule has 47 heavy (non-hydrogen) atoms. The van der Waals surface area contributed by atoms with Crippen LogP contribution in [0, 0.1) is 17.8 Å². The van der Waals surface area contributed by atoms with Crippen molar-refractivity contribution in [3.8, 4) is 5.75 Å². The second kappa shape index (κ2) is 15.1. The van der Waals surface area contributed by atoms with Crippen molar-refractivity contribution < 1.29 is 28.9 Å². The van der Waals surface area contributed by atoms with Gasteiger partial charge in [0, 0.05) is 88.0 Å². The molecule has 3 saturated heterocycles. The van der Waals surface area contributed by atoms with Crippen molar-refractivity contribution in [2.45, 2.75) is 62.5 Å². The number of ether oxygens (including phenoxy) is 3. The number of carboxylic acids is 1. The van der Waals surface area contributed by atoms with Gasteiger partial charge < -0.3 is 29.1 Å². The van der Waals surface area contributed by atoms with Crippen LogP contribution in [0.3, 0.4) is 0 Å². The topological polar surface area (TPSA) is 91.8 Å². The molecule has 1 aliphatic carbocycles. The first kappa shape index (κ1) is 34.0. The molecule has 0 unspecified atom stereocenters. The fourth-order valence-corrected chi connectivity index (χ4v) is 8.88. The van der Waals surface area contributed by atoms with E-state index < -0.39 is 5.97 Å². The Kier molecular flexibility index (Phi) is 11.0. The van der Waals surface area contributed by atoms with Crippen molar-refractivity contribution >= 4 is 29.2 Å². The summed E-state index contributed by atoms with van der Waals surface area (Å²) in [5, 5.41) is 10.2. The van der Waals surface area contributed by atoms with Gasteiger partial charge >= 0.3 is 5.97 Å². The third-order valence-corrected chi connectivity index (χ3v) is 11.6. The number of likely N-dealkylation sites (tertiary alicyclic amines) is 2. The average Bonchev–Trinajstić information content (AvgIpc) is 3.74. The van der Waals surface area contributed by atoms with Crippen molar-refractivity contribution in [3.63, 3.8) is 0 Å². The minimum absolute atomic E-state index is 0.0876. The number of amides is 1. The molecule has 3 heterocycles. The Balaban J connectivity index is 1.24. The van der Waals surface area contributed by atoms with Crippen LogP contribution in [0.25, 0.3) is 0 Å². The predicted molar refractivity (Wildman–Crippen MR) is 183 cm³/mol. The normalized spacial score (nSPS) is 28.9. The third-order valence-electron chi connectivity index (χ3n) is 11.4. The van der Waals surface area contributed by atoms with Gasteiger partial charge in [0.15, 0.2) is 0 Å². The number of carbonyl (C=O) groups is 2. The molecular formula is C37H50ClN3O6. The van der Waals surface area contributed by atoms with Crippen molar-refractivity contribution in [3.05, 3.63) is 58.6 Å². The first-order valence-electron chi connectivity index (χ1n) is 17.2. The summed E-state index contributed by atoms with van der Waals surface area (Å²) in [6.45, 7) is 4.79. The molecule has 0 spiro atoms. The standard InChI is InChI=1S/C37H50ClN3O6/c1-45-23-26-19-41(21-33(26)31-13-6-27(38)18-35(31)39-16-14-25(15-17-39)37(43)44)36(42)34-22-40(28-7-11-30(47-3)12-8-28)20-32(34)24-4-9-29(46-2)10-5-24/h4-6,9-10,13,18,25-26,28,30,32-34H,7-8,11-12,14-17,19-23H2,1-3H3,(H,43,44)/t26-,28-,30-,32+,33+,34-/m1/s1. The SMILES string of the molecule is COC[C@H]1CN(C(=O)[C@@H]2CN([C@H]3CC[C@H](OC)CC3)C[C@H]2c2ccc(OC)cc2)C[C@@H]1c1ccc(Cl)cc1N1CCC(C(=O)O)CC1. The number of rotatable bonds is 10. The van der Waals surface area contributed by atoms with E-state index in [-0.39, 0.29) is 35.5 Å². The van der Waals surface area contributed by atoms with Gasteiger partial charge in [0.05, 0.1) is 31.7 Å². The number of benzene rings is 2. The maximum atomic E-state index is 14.7. The summed E-state index contributed by atoms with van der Waals surface area (Å²) in [6.07, 6.45) is 5.87. The van der Waals surface area contributed by atoms with Crippen molar-refractivity contribution in [2.75, 3.05) is 72.1 Å². The molecule has 0 aromatic heterocycles. The molecule has 1 amide bonds. The Bertz CT molecular complexity index is 1370. The average molecular weight is 668 g/mol. The van der Waals surface area contributed by atoms with Gasteiger partial charge in [0.1, 0.15) is 5.75 Å². The van der Waals surface area contributed by atoms with Crippen molar-refractivity contribution in [1.82, 2.24) is 9.80 Å². The largest absolute Gasteiger partial charge is 0.497 e. The molecule has 10 heteroatoms. The van der Waals surface area contributed by atoms with Crippen LogP contribution in [0.5, 0.6) is 5.75 Å². The van der Waals surface area contributed by atoms with Crippen LogP contribution in [0.4, 0.5) is 5.69 Å². The van der Waals surface area contributed by atoms with Crippen LogP contribution in [-0.4, -0.2) is 106 Å². The molecular weight excluding hydrogens is 618 g/mol. The highest BCUT2D eigenvalue weighted by Gasteiger charge is 2.46. The molecule has 4 atom stereocenters. The quantitative estimate of drug-likeness (QED) is 0.355. The molecule has 3 aliphatic heterocycles. The number of hydrogen-bond donors (Lipinski definition) is 1. The van der Waals surface area contributed by atoms with E-state index in [4.69, 9.17) is 25.8 Å². The molecule has 0 radical (unpaired) electrons. The van der Waals surface area contributed by atoms with E-state index in [9.17, 15) is 14.7 Å². The highest BCUT2D eigenvalue weighted by atomic mass is 35.5. The second-order valence-corrected chi connectivity index (χ2v) is 14.4. The summed E-state index contributed by atoms with van der Waals surface area (Å²) in [5.74, 6) is 0.212. The minimum atomic E-state index is -0.720. The summed E-state index contributed by atoms with van der Waals surface area (Å²) in [4.78, 5) is 33.2. The Labute approximate surface area is 284 Å². The van der Waals surface area contributed by atoms with Crippen molar-refractivity contribution in [1.29, 1.82) is 0 Å². The van der Waals surface area contributed by atoms with E-state index in [1.165, 1.54) is 5.56 Å². The lowest BCUT2D eigenvalue weighted by atomic mass is 9.87. The summed E-state index contributed by atoms with van der Waals surface area (Å²) in [7, 11) is 5.22. The zero-order valence-corrected chi connectivity index (χ0v) is 28.7. The number of piperidine rings is 1. The minimum Gasteiger partial charge on any atom is -0.497 e. The lowest BCUT2D eigenvalue weighted by molar-refractivity contribution is -0.142. The number of nitrogens with zero attached hydrogens (tertiary/aromatic N) is 3.